The molecule has 4 heteroatoms. The summed E-state index contributed by atoms with van der Waals surface area (Å²) in [6, 6.07) is 0.622. The van der Waals surface area contributed by atoms with Crippen molar-refractivity contribution >= 4 is 6.01 Å². The number of nitrogens with zero attached hydrogens (tertiary/aromatic N) is 3. The Hall–Kier alpha value is -1.06. The van der Waals surface area contributed by atoms with Crippen LogP contribution < -0.4 is 4.90 Å². The molecule has 1 heterocycles. The molecule has 1 aliphatic carbocycles. The van der Waals surface area contributed by atoms with Crippen LogP contribution >= 0.6 is 0 Å². The average Bonchev–Trinajstić information content (AvgIpc) is 2.67. The van der Waals surface area contributed by atoms with Gasteiger partial charge in [0, 0.05) is 13.6 Å². The molecule has 0 bridgehead atoms. The molecule has 0 unspecified atom stereocenters. The minimum absolute atomic E-state index is 0.622. The lowest BCUT2D eigenvalue weighted by Gasteiger charge is -2.11. The third kappa shape index (κ3) is 1.50. The van der Waals surface area contributed by atoms with Crippen LogP contribution in [0, 0.1) is 5.92 Å². The highest BCUT2D eigenvalue weighted by Gasteiger charge is 2.24. The number of rotatable bonds is 3. The lowest BCUT2D eigenvalue weighted by atomic mass is 10.4. The van der Waals surface area contributed by atoms with E-state index in [1.807, 2.05) is 11.9 Å². The van der Waals surface area contributed by atoms with Gasteiger partial charge in [0.2, 0.25) is 6.39 Å². The topological polar surface area (TPSA) is 42.2 Å². The number of anilines is 1. The van der Waals surface area contributed by atoms with Gasteiger partial charge in [-0.2, -0.15) is 0 Å². The van der Waals surface area contributed by atoms with Crippen LogP contribution in [0.15, 0.2) is 10.8 Å². The van der Waals surface area contributed by atoms with E-state index in [1.54, 1.807) is 0 Å². The normalized spacial score (nSPS) is 16.8. The van der Waals surface area contributed by atoms with E-state index in [2.05, 4.69) is 10.2 Å². The van der Waals surface area contributed by atoms with Gasteiger partial charge in [0.05, 0.1) is 0 Å². The molecule has 4 nitrogen and oxygen atoms in total. The molecule has 11 heavy (non-hydrogen) atoms. The lowest BCUT2D eigenvalue weighted by molar-refractivity contribution is 0.537. The Morgan fingerprint density at radius 1 is 1.73 bits per heavy atom. The molecular weight excluding hydrogens is 142 g/mol. The zero-order chi connectivity index (χ0) is 7.68. The Morgan fingerprint density at radius 3 is 3.09 bits per heavy atom. The Morgan fingerprint density at radius 2 is 2.55 bits per heavy atom. The van der Waals surface area contributed by atoms with Crippen molar-refractivity contribution in [2.45, 2.75) is 12.8 Å². The molecule has 0 radical (unpaired) electrons. The maximum Gasteiger partial charge on any atom is 0.317 e. The fraction of sp³-hybridized carbons (Fsp3) is 0.714. The molecule has 0 saturated heterocycles. The summed E-state index contributed by atoms with van der Waals surface area (Å²) in [6.45, 7) is 1.04. The second-order valence-electron chi connectivity index (χ2n) is 3.05. The number of aromatic nitrogens is 2. The molecule has 2 rings (SSSR count). The summed E-state index contributed by atoms with van der Waals surface area (Å²) in [5.74, 6) is 0.854. The summed E-state index contributed by atoms with van der Waals surface area (Å²) >= 11 is 0. The molecule has 0 aliphatic heterocycles. The molecule has 0 N–H and O–H groups in total. The standard InChI is InChI=1S/C7H11N3O/c1-10(4-6-2-3-6)7-9-8-5-11-7/h5-6H,2-4H2,1H3. The predicted molar refractivity (Wildman–Crippen MR) is 40.3 cm³/mol. The molecule has 0 atom stereocenters. The van der Waals surface area contributed by atoms with E-state index in [4.69, 9.17) is 4.42 Å². The van der Waals surface area contributed by atoms with Crippen molar-refractivity contribution in [3.63, 3.8) is 0 Å². The van der Waals surface area contributed by atoms with E-state index in [1.165, 1.54) is 19.2 Å². The summed E-state index contributed by atoms with van der Waals surface area (Å²) in [4.78, 5) is 2.00. The van der Waals surface area contributed by atoms with Crippen LogP contribution in [0.5, 0.6) is 0 Å². The van der Waals surface area contributed by atoms with E-state index < -0.39 is 0 Å². The third-order valence-electron chi connectivity index (χ3n) is 1.90. The highest BCUT2D eigenvalue weighted by molar-refractivity contribution is 5.21. The molecule has 0 spiro atoms. The maximum absolute atomic E-state index is 5.03. The lowest BCUT2D eigenvalue weighted by Crippen LogP contribution is -2.20. The first-order valence-corrected chi connectivity index (χ1v) is 3.83. The Bertz CT molecular complexity index is 218. The van der Waals surface area contributed by atoms with E-state index in [0.717, 1.165) is 12.5 Å². The summed E-state index contributed by atoms with van der Waals surface area (Å²) < 4.78 is 5.03. The van der Waals surface area contributed by atoms with Crippen molar-refractivity contribution in [3.8, 4) is 0 Å². The van der Waals surface area contributed by atoms with Gasteiger partial charge in [-0.3, -0.25) is 0 Å². The van der Waals surface area contributed by atoms with E-state index in [9.17, 15) is 0 Å². The van der Waals surface area contributed by atoms with Gasteiger partial charge in [-0.15, -0.1) is 5.10 Å². The summed E-state index contributed by atoms with van der Waals surface area (Å²) in [7, 11) is 1.98. The highest BCUT2D eigenvalue weighted by Crippen LogP contribution is 2.30. The Labute approximate surface area is 65.2 Å². The fourth-order valence-corrected chi connectivity index (χ4v) is 1.10. The van der Waals surface area contributed by atoms with Crippen LogP contribution in [0.25, 0.3) is 0 Å². The van der Waals surface area contributed by atoms with Gasteiger partial charge < -0.3 is 9.32 Å². The van der Waals surface area contributed by atoms with Gasteiger partial charge in [0.15, 0.2) is 0 Å². The first-order valence-electron chi connectivity index (χ1n) is 3.83. The van der Waals surface area contributed by atoms with Gasteiger partial charge in [-0.1, -0.05) is 5.10 Å². The minimum atomic E-state index is 0.622. The SMILES string of the molecule is CN(CC1CC1)c1nnco1. The van der Waals surface area contributed by atoms with Crippen molar-refractivity contribution in [1.82, 2.24) is 10.2 Å². The van der Waals surface area contributed by atoms with Crippen LogP contribution in [-0.4, -0.2) is 23.8 Å². The molecule has 0 amide bonds. The van der Waals surface area contributed by atoms with Crippen molar-refractivity contribution in [2.24, 2.45) is 5.92 Å². The molecule has 1 aromatic rings. The fourth-order valence-electron chi connectivity index (χ4n) is 1.10. The van der Waals surface area contributed by atoms with E-state index in [0.29, 0.717) is 6.01 Å². The monoisotopic (exact) mass is 153 g/mol. The Kier molecular flexibility index (Phi) is 1.52. The molecule has 1 saturated carbocycles. The van der Waals surface area contributed by atoms with Crippen molar-refractivity contribution in [2.75, 3.05) is 18.5 Å². The quantitative estimate of drug-likeness (QED) is 0.647. The molecule has 0 aromatic carbocycles. The van der Waals surface area contributed by atoms with Crippen molar-refractivity contribution < 1.29 is 4.42 Å². The van der Waals surface area contributed by atoms with Crippen LogP contribution in [-0.2, 0) is 0 Å². The summed E-state index contributed by atoms with van der Waals surface area (Å²) in [6.07, 6.45) is 4.05. The van der Waals surface area contributed by atoms with Crippen LogP contribution in [0.4, 0.5) is 6.01 Å². The van der Waals surface area contributed by atoms with Crippen LogP contribution in [0.2, 0.25) is 0 Å². The van der Waals surface area contributed by atoms with Crippen molar-refractivity contribution in [1.29, 1.82) is 0 Å². The summed E-state index contributed by atoms with van der Waals surface area (Å²) in [5, 5.41) is 7.42. The molecule has 1 aliphatic rings. The maximum atomic E-state index is 5.03. The first-order chi connectivity index (χ1) is 5.36. The largest absolute Gasteiger partial charge is 0.411 e. The van der Waals surface area contributed by atoms with Crippen LogP contribution in [0.1, 0.15) is 12.8 Å². The first kappa shape index (κ1) is 6.64. The molecule has 60 valence electrons. The van der Waals surface area contributed by atoms with Gasteiger partial charge >= 0.3 is 6.01 Å². The van der Waals surface area contributed by atoms with Gasteiger partial charge in [0.1, 0.15) is 0 Å². The molecule has 1 fully saturated rings. The van der Waals surface area contributed by atoms with E-state index in [-0.39, 0.29) is 0 Å². The molecule has 1 aromatic heterocycles. The second-order valence-corrected chi connectivity index (χ2v) is 3.05. The number of hydrogen-bond acceptors (Lipinski definition) is 4. The van der Waals surface area contributed by atoms with Gasteiger partial charge in [-0.25, -0.2) is 0 Å². The predicted octanol–water partition coefficient (Wildman–Crippen LogP) is 0.916. The number of hydrogen-bond donors (Lipinski definition) is 0. The minimum Gasteiger partial charge on any atom is -0.411 e. The van der Waals surface area contributed by atoms with Crippen molar-refractivity contribution in [3.05, 3.63) is 6.39 Å². The second kappa shape index (κ2) is 2.53. The van der Waals surface area contributed by atoms with Gasteiger partial charge in [0.25, 0.3) is 0 Å². The smallest absolute Gasteiger partial charge is 0.317 e. The zero-order valence-corrected chi connectivity index (χ0v) is 6.53. The molecular formula is C7H11N3O. The average molecular weight is 153 g/mol. The zero-order valence-electron chi connectivity index (χ0n) is 6.53. The van der Waals surface area contributed by atoms with Crippen LogP contribution in [0.3, 0.4) is 0 Å². The third-order valence-corrected chi connectivity index (χ3v) is 1.90. The van der Waals surface area contributed by atoms with Gasteiger partial charge in [-0.05, 0) is 18.8 Å². The van der Waals surface area contributed by atoms with E-state index >= 15 is 0 Å². The highest BCUT2D eigenvalue weighted by atomic mass is 16.4. The Balaban J connectivity index is 1.93. The summed E-state index contributed by atoms with van der Waals surface area (Å²) in [5.41, 5.74) is 0.